The number of nitrogens with zero attached hydrogens (tertiary/aromatic N) is 2. The van der Waals surface area contributed by atoms with Crippen LogP contribution in [0.15, 0.2) is 58.4 Å². The standard InChI is InChI=1S/C22H20N2O6S/c1-3-29-19(25)13-30-17-10-4-14(5-11-17)12-18-20(26)24(2)22(31-18)23-16-8-6-15(7-9-16)21(27)28/h4-12H,3,13H2,1-2H3,(H,27,28)/b18-12-,23-22?. The second-order valence-corrected chi connectivity index (χ2v) is 7.39. The maximum absolute atomic E-state index is 12.6. The van der Waals surface area contributed by atoms with E-state index in [0.717, 1.165) is 5.56 Å². The second-order valence-electron chi connectivity index (χ2n) is 6.38. The zero-order valence-corrected chi connectivity index (χ0v) is 17.7. The van der Waals surface area contributed by atoms with Crippen LogP contribution in [-0.2, 0) is 14.3 Å². The Morgan fingerprint density at radius 3 is 2.42 bits per heavy atom. The predicted octanol–water partition coefficient (Wildman–Crippen LogP) is 3.56. The molecule has 1 N–H and O–H groups in total. The third kappa shape index (κ3) is 5.73. The number of amidine groups is 1. The summed E-state index contributed by atoms with van der Waals surface area (Å²) in [5, 5.41) is 9.47. The molecule has 1 heterocycles. The van der Waals surface area contributed by atoms with Crippen molar-refractivity contribution in [3.63, 3.8) is 0 Å². The summed E-state index contributed by atoms with van der Waals surface area (Å²) in [7, 11) is 1.63. The van der Waals surface area contributed by atoms with E-state index in [2.05, 4.69) is 4.99 Å². The molecular formula is C22H20N2O6S. The van der Waals surface area contributed by atoms with Crippen molar-refractivity contribution in [1.29, 1.82) is 0 Å². The third-order valence-electron chi connectivity index (χ3n) is 4.18. The summed E-state index contributed by atoms with van der Waals surface area (Å²) in [5.41, 5.74) is 1.51. The van der Waals surface area contributed by atoms with Gasteiger partial charge in [-0.05, 0) is 66.7 Å². The molecule has 1 amide bonds. The predicted molar refractivity (Wildman–Crippen MR) is 117 cm³/mol. The van der Waals surface area contributed by atoms with Gasteiger partial charge < -0.3 is 14.6 Å². The molecule has 0 bridgehead atoms. The lowest BCUT2D eigenvalue weighted by molar-refractivity contribution is -0.145. The van der Waals surface area contributed by atoms with E-state index in [0.29, 0.717) is 28.1 Å². The van der Waals surface area contributed by atoms with Crippen LogP contribution in [0.5, 0.6) is 5.75 Å². The summed E-state index contributed by atoms with van der Waals surface area (Å²) in [4.78, 5) is 41.3. The van der Waals surface area contributed by atoms with Gasteiger partial charge >= 0.3 is 11.9 Å². The summed E-state index contributed by atoms with van der Waals surface area (Å²) < 4.78 is 10.2. The number of carboxylic acid groups (broad SMARTS) is 1. The molecule has 3 rings (SSSR count). The van der Waals surface area contributed by atoms with Crippen molar-refractivity contribution in [2.45, 2.75) is 6.92 Å². The first-order valence-electron chi connectivity index (χ1n) is 9.35. The van der Waals surface area contributed by atoms with Crippen LogP contribution in [0.3, 0.4) is 0 Å². The minimum absolute atomic E-state index is 0.166. The quantitative estimate of drug-likeness (QED) is 0.518. The largest absolute Gasteiger partial charge is 0.482 e. The van der Waals surface area contributed by atoms with Crippen molar-refractivity contribution in [3.05, 3.63) is 64.6 Å². The molecule has 9 heteroatoms. The lowest BCUT2D eigenvalue weighted by Gasteiger charge is -2.07. The molecule has 31 heavy (non-hydrogen) atoms. The molecule has 2 aromatic carbocycles. The van der Waals surface area contributed by atoms with E-state index in [4.69, 9.17) is 14.6 Å². The molecule has 0 spiro atoms. The lowest BCUT2D eigenvalue weighted by Crippen LogP contribution is -2.23. The number of benzene rings is 2. The van der Waals surface area contributed by atoms with E-state index in [-0.39, 0.29) is 18.1 Å². The average Bonchev–Trinajstić information content (AvgIpc) is 3.01. The maximum atomic E-state index is 12.6. The minimum Gasteiger partial charge on any atom is -0.482 e. The first-order valence-corrected chi connectivity index (χ1v) is 10.2. The van der Waals surface area contributed by atoms with Crippen molar-refractivity contribution >= 4 is 46.5 Å². The first kappa shape index (κ1) is 22.1. The smallest absolute Gasteiger partial charge is 0.344 e. The molecule has 8 nitrogen and oxygen atoms in total. The van der Waals surface area contributed by atoms with E-state index in [1.807, 2.05) is 0 Å². The first-order chi connectivity index (χ1) is 14.9. The van der Waals surface area contributed by atoms with Crippen LogP contribution in [0.2, 0.25) is 0 Å². The van der Waals surface area contributed by atoms with Crippen molar-refractivity contribution in [1.82, 2.24) is 4.90 Å². The monoisotopic (exact) mass is 440 g/mol. The number of carbonyl (C=O) groups is 3. The molecule has 0 atom stereocenters. The van der Waals surface area contributed by atoms with Crippen LogP contribution in [0, 0.1) is 0 Å². The van der Waals surface area contributed by atoms with Crippen LogP contribution in [0.1, 0.15) is 22.8 Å². The van der Waals surface area contributed by atoms with E-state index in [1.165, 1.54) is 28.8 Å². The van der Waals surface area contributed by atoms with Gasteiger partial charge in [-0.15, -0.1) is 0 Å². The molecule has 1 aliphatic rings. The number of likely N-dealkylation sites (N-methyl/N-ethyl adjacent to an activating group) is 1. The molecule has 0 unspecified atom stereocenters. The SMILES string of the molecule is CCOC(=O)COc1ccc(/C=C2\SC(=Nc3ccc(C(=O)O)cc3)N(C)C2=O)cc1. The van der Waals surface area contributed by atoms with E-state index in [9.17, 15) is 14.4 Å². The average molecular weight is 440 g/mol. The number of carbonyl (C=O) groups excluding carboxylic acids is 2. The molecule has 2 aromatic rings. The fourth-order valence-corrected chi connectivity index (χ4v) is 3.58. The third-order valence-corrected chi connectivity index (χ3v) is 5.24. The normalized spacial score (nSPS) is 16.1. The van der Waals surface area contributed by atoms with Gasteiger partial charge in [-0.1, -0.05) is 12.1 Å². The van der Waals surface area contributed by atoms with Gasteiger partial charge in [-0.3, -0.25) is 9.69 Å². The minimum atomic E-state index is -1.01. The zero-order valence-electron chi connectivity index (χ0n) is 16.9. The van der Waals surface area contributed by atoms with Crippen LogP contribution in [-0.4, -0.2) is 53.3 Å². The topological polar surface area (TPSA) is 106 Å². The fraction of sp³-hybridized carbons (Fsp3) is 0.182. The van der Waals surface area contributed by atoms with Gasteiger partial charge in [0, 0.05) is 7.05 Å². The summed E-state index contributed by atoms with van der Waals surface area (Å²) >= 11 is 1.23. The Bertz CT molecular complexity index is 1040. The maximum Gasteiger partial charge on any atom is 0.344 e. The fourth-order valence-electron chi connectivity index (χ4n) is 2.60. The van der Waals surface area contributed by atoms with Gasteiger partial charge in [0.2, 0.25) is 0 Å². The highest BCUT2D eigenvalue weighted by Gasteiger charge is 2.30. The molecule has 0 aliphatic carbocycles. The van der Waals surface area contributed by atoms with Crippen LogP contribution in [0.25, 0.3) is 6.08 Å². The molecule has 1 fully saturated rings. The van der Waals surface area contributed by atoms with Crippen molar-refractivity contribution in [2.24, 2.45) is 4.99 Å². The van der Waals surface area contributed by atoms with Gasteiger partial charge in [-0.2, -0.15) is 0 Å². The number of amides is 1. The number of aromatic carboxylic acids is 1. The Labute approximate surface area is 183 Å². The van der Waals surface area contributed by atoms with Gasteiger partial charge in [0.25, 0.3) is 5.91 Å². The lowest BCUT2D eigenvalue weighted by atomic mass is 10.2. The molecule has 0 saturated carbocycles. The Balaban J connectivity index is 1.69. The second kappa shape index (κ2) is 9.94. The number of rotatable bonds is 7. The Kier molecular flexibility index (Phi) is 7.09. The molecule has 160 valence electrons. The zero-order chi connectivity index (χ0) is 22.4. The molecule has 1 saturated heterocycles. The number of hydrogen-bond acceptors (Lipinski definition) is 7. The Hall–Kier alpha value is -3.59. The number of aliphatic imine (C=N–C) groups is 1. The van der Waals surface area contributed by atoms with Gasteiger partial charge in [-0.25, -0.2) is 14.6 Å². The number of thioether (sulfide) groups is 1. The molecule has 1 aliphatic heterocycles. The van der Waals surface area contributed by atoms with Crippen LogP contribution < -0.4 is 4.74 Å². The number of carboxylic acids is 1. The molecular weight excluding hydrogens is 420 g/mol. The van der Waals surface area contributed by atoms with Crippen molar-refractivity contribution < 1.29 is 29.0 Å². The number of hydrogen-bond donors (Lipinski definition) is 1. The Morgan fingerprint density at radius 1 is 1.13 bits per heavy atom. The van der Waals surface area contributed by atoms with Gasteiger partial charge in [0.1, 0.15) is 5.75 Å². The van der Waals surface area contributed by atoms with Crippen molar-refractivity contribution in [2.75, 3.05) is 20.3 Å². The highest BCUT2D eigenvalue weighted by Crippen LogP contribution is 2.33. The van der Waals surface area contributed by atoms with E-state index >= 15 is 0 Å². The highest BCUT2D eigenvalue weighted by molar-refractivity contribution is 8.18. The Morgan fingerprint density at radius 2 is 1.81 bits per heavy atom. The molecule has 0 aromatic heterocycles. The number of esters is 1. The summed E-state index contributed by atoms with van der Waals surface area (Å²) in [6.45, 7) is 1.86. The highest BCUT2D eigenvalue weighted by atomic mass is 32.2. The van der Waals surface area contributed by atoms with Crippen LogP contribution >= 0.6 is 11.8 Å². The van der Waals surface area contributed by atoms with E-state index < -0.39 is 11.9 Å². The van der Waals surface area contributed by atoms with Gasteiger partial charge in [0.05, 0.1) is 22.8 Å². The van der Waals surface area contributed by atoms with E-state index in [1.54, 1.807) is 56.4 Å². The summed E-state index contributed by atoms with van der Waals surface area (Å²) in [6, 6.07) is 13.1. The summed E-state index contributed by atoms with van der Waals surface area (Å²) in [6.07, 6.45) is 1.74. The number of ether oxygens (including phenoxy) is 2. The molecule has 0 radical (unpaired) electrons. The van der Waals surface area contributed by atoms with Crippen LogP contribution in [0.4, 0.5) is 5.69 Å². The van der Waals surface area contributed by atoms with Crippen molar-refractivity contribution in [3.8, 4) is 5.75 Å². The summed E-state index contributed by atoms with van der Waals surface area (Å²) in [5.74, 6) is -1.11. The van der Waals surface area contributed by atoms with Gasteiger partial charge in [0.15, 0.2) is 11.8 Å².